The monoisotopic (exact) mass is 469 g/mol. The van der Waals surface area contributed by atoms with Gasteiger partial charge in [0.1, 0.15) is 5.75 Å². The topological polar surface area (TPSA) is 38.3 Å². The van der Waals surface area contributed by atoms with E-state index in [-0.39, 0.29) is 0 Å². The summed E-state index contributed by atoms with van der Waals surface area (Å²) in [6.45, 7) is 2.21. The molecule has 3 aromatic rings. The summed E-state index contributed by atoms with van der Waals surface area (Å²) in [5.41, 5.74) is 1.96. The van der Waals surface area contributed by atoms with Crippen LogP contribution < -0.4 is 10.1 Å². The van der Waals surface area contributed by atoms with Crippen LogP contribution in [0.15, 0.2) is 91.0 Å². The third-order valence-electron chi connectivity index (χ3n) is 6.03. The first-order chi connectivity index (χ1) is 17.3. The van der Waals surface area contributed by atoms with Gasteiger partial charge in [-0.1, -0.05) is 105 Å². The predicted molar refractivity (Wildman–Crippen MR) is 149 cm³/mol. The van der Waals surface area contributed by atoms with Crippen LogP contribution in [0.4, 0.5) is 10.5 Å². The number of benzene rings is 3. The molecule has 0 spiro atoms. The Balaban J connectivity index is 1.33. The molecule has 3 aromatic carbocycles. The molecule has 0 unspecified atom stereocenters. The van der Waals surface area contributed by atoms with Crippen molar-refractivity contribution >= 4 is 22.6 Å². The van der Waals surface area contributed by atoms with Crippen LogP contribution >= 0.6 is 0 Å². The number of anilines is 1. The molecule has 1 N–H and O–H groups in total. The van der Waals surface area contributed by atoms with Gasteiger partial charge in [0.2, 0.25) is 0 Å². The zero-order chi connectivity index (χ0) is 24.6. The van der Waals surface area contributed by atoms with Crippen molar-refractivity contribution in [1.82, 2.24) is 0 Å². The highest BCUT2D eigenvalue weighted by atomic mass is 16.6. The Morgan fingerprint density at radius 3 is 2.43 bits per heavy atom. The van der Waals surface area contributed by atoms with Gasteiger partial charge in [-0.3, -0.25) is 5.32 Å². The first-order valence-electron chi connectivity index (χ1n) is 13.1. The summed E-state index contributed by atoms with van der Waals surface area (Å²) in [5, 5.41) is 4.96. The van der Waals surface area contributed by atoms with Crippen molar-refractivity contribution in [1.29, 1.82) is 0 Å². The van der Waals surface area contributed by atoms with Crippen LogP contribution in [0, 0.1) is 0 Å². The summed E-state index contributed by atoms with van der Waals surface area (Å²) < 4.78 is 5.57. The van der Waals surface area contributed by atoms with E-state index in [2.05, 4.69) is 42.6 Å². The van der Waals surface area contributed by atoms with Crippen molar-refractivity contribution < 1.29 is 9.53 Å². The molecule has 3 heteroatoms. The number of amides is 1. The van der Waals surface area contributed by atoms with E-state index in [1.54, 1.807) is 0 Å². The lowest BCUT2D eigenvalue weighted by Gasteiger charge is -2.10. The highest BCUT2D eigenvalue weighted by Gasteiger charge is 2.08. The Morgan fingerprint density at radius 1 is 0.800 bits per heavy atom. The zero-order valence-corrected chi connectivity index (χ0v) is 21.0. The SMILES string of the molecule is CCCC=CCC=CCCCCCCCc1cccc(OC(=O)Nc2cccc3ccccc23)c1. The summed E-state index contributed by atoms with van der Waals surface area (Å²) in [6.07, 6.45) is 20.5. The van der Waals surface area contributed by atoms with E-state index < -0.39 is 6.09 Å². The quantitative estimate of drug-likeness (QED) is 0.188. The van der Waals surface area contributed by atoms with Crippen molar-refractivity contribution in [2.24, 2.45) is 0 Å². The molecule has 3 nitrogen and oxygen atoms in total. The van der Waals surface area contributed by atoms with E-state index in [1.807, 2.05) is 60.7 Å². The fraction of sp³-hybridized carbons (Fsp3) is 0.344. The molecule has 35 heavy (non-hydrogen) atoms. The predicted octanol–water partition coefficient (Wildman–Crippen LogP) is 9.64. The van der Waals surface area contributed by atoms with Gasteiger partial charge in [-0.15, -0.1) is 0 Å². The number of nitrogens with one attached hydrogen (secondary N) is 1. The molecule has 0 aliphatic carbocycles. The molecule has 0 atom stereocenters. The number of ether oxygens (including phenoxy) is 1. The maximum atomic E-state index is 12.5. The third kappa shape index (κ3) is 9.82. The number of carbonyl (C=O) groups is 1. The number of rotatable bonds is 14. The maximum Gasteiger partial charge on any atom is 0.417 e. The number of fused-ring (bicyclic) bond motifs is 1. The Bertz CT molecular complexity index is 1090. The average molecular weight is 470 g/mol. The second-order valence-electron chi connectivity index (χ2n) is 8.96. The van der Waals surface area contributed by atoms with E-state index in [0.29, 0.717) is 5.75 Å². The lowest BCUT2D eigenvalue weighted by molar-refractivity contribution is 0.215. The lowest BCUT2D eigenvalue weighted by atomic mass is 10.0. The van der Waals surface area contributed by atoms with E-state index in [1.165, 1.54) is 50.5 Å². The minimum atomic E-state index is -0.468. The van der Waals surface area contributed by atoms with Gasteiger partial charge in [-0.25, -0.2) is 4.79 Å². The number of carbonyl (C=O) groups excluding carboxylic acids is 1. The van der Waals surface area contributed by atoms with Gasteiger partial charge >= 0.3 is 6.09 Å². The fourth-order valence-corrected chi connectivity index (χ4v) is 4.14. The van der Waals surface area contributed by atoms with Gasteiger partial charge in [-0.2, -0.15) is 0 Å². The molecule has 0 aliphatic heterocycles. The van der Waals surface area contributed by atoms with Crippen LogP contribution in [0.3, 0.4) is 0 Å². The number of aryl methyl sites for hydroxylation is 1. The molecule has 0 aromatic heterocycles. The van der Waals surface area contributed by atoms with Gasteiger partial charge in [-0.05, 0) is 67.7 Å². The Labute approximate surface area is 210 Å². The first-order valence-corrected chi connectivity index (χ1v) is 13.1. The average Bonchev–Trinajstić information content (AvgIpc) is 2.87. The van der Waals surface area contributed by atoms with Crippen molar-refractivity contribution in [2.75, 3.05) is 5.32 Å². The van der Waals surface area contributed by atoms with E-state index in [0.717, 1.165) is 35.7 Å². The van der Waals surface area contributed by atoms with E-state index in [4.69, 9.17) is 4.74 Å². The second kappa shape index (κ2) is 15.5. The van der Waals surface area contributed by atoms with Crippen molar-refractivity contribution in [2.45, 2.75) is 71.1 Å². The summed E-state index contributed by atoms with van der Waals surface area (Å²) in [7, 11) is 0. The Kier molecular flexibility index (Phi) is 11.7. The standard InChI is InChI=1S/C32H39NO2/c1-2-3-4-5-6-7-8-9-10-11-12-13-14-19-27-20-17-23-29(26-27)35-32(34)33-31-25-18-22-28-21-15-16-24-30(28)31/h4-5,7-8,15-18,20-26H,2-3,6,9-14,19H2,1H3,(H,33,34). The van der Waals surface area contributed by atoms with Crippen LogP contribution in [0.2, 0.25) is 0 Å². The number of unbranched alkanes of at least 4 members (excludes halogenated alkanes) is 6. The van der Waals surface area contributed by atoms with Crippen molar-refractivity contribution in [3.05, 3.63) is 96.6 Å². The molecular weight excluding hydrogens is 430 g/mol. The summed E-state index contributed by atoms with van der Waals surface area (Å²) in [4.78, 5) is 12.5. The molecule has 184 valence electrons. The zero-order valence-electron chi connectivity index (χ0n) is 21.0. The normalized spacial score (nSPS) is 11.5. The van der Waals surface area contributed by atoms with Gasteiger partial charge in [0.15, 0.2) is 0 Å². The van der Waals surface area contributed by atoms with Crippen LogP contribution in [-0.2, 0) is 6.42 Å². The maximum absolute atomic E-state index is 12.5. The van der Waals surface area contributed by atoms with Crippen LogP contribution in [0.25, 0.3) is 10.8 Å². The largest absolute Gasteiger partial charge is 0.417 e. The highest BCUT2D eigenvalue weighted by molar-refractivity contribution is 6.00. The van der Waals surface area contributed by atoms with E-state index >= 15 is 0 Å². The number of allylic oxidation sites excluding steroid dienone is 4. The molecular formula is C32H39NO2. The van der Waals surface area contributed by atoms with Crippen molar-refractivity contribution in [3.8, 4) is 5.75 Å². The van der Waals surface area contributed by atoms with Gasteiger partial charge < -0.3 is 4.74 Å². The van der Waals surface area contributed by atoms with Gasteiger partial charge in [0, 0.05) is 5.39 Å². The molecule has 0 aliphatic rings. The second-order valence-corrected chi connectivity index (χ2v) is 8.96. The van der Waals surface area contributed by atoms with Crippen molar-refractivity contribution in [3.63, 3.8) is 0 Å². The minimum Gasteiger partial charge on any atom is -0.410 e. The summed E-state index contributed by atoms with van der Waals surface area (Å²) >= 11 is 0. The van der Waals surface area contributed by atoms with Gasteiger partial charge in [0.05, 0.1) is 5.69 Å². The van der Waals surface area contributed by atoms with Crippen LogP contribution in [0.1, 0.15) is 70.3 Å². The summed E-state index contributed by atoms with van der Waals surface area (Å²) in [6, 6.07) is 21.7. The minimum absolute atomic E-state index is 0.468. The lowest BCUT2D eigenvalue weighted by Crippen LogP contribution is -2.17. The molecule has 3 rings (SSSR count). The molecule has 0 radical (unpaired) electrons. The number of hydrogen-bond donors (Lipinski definition) is 1. The molecule has 0 fully saturated rings. The van der Waals surface area contributed by atoms with E-state index in [9.17, 15) is 4.79 Å². The molecule has 0 bridgehead atoms. The molecule has 0 saturated carbocycles. The Morgan fingerprint density at radius 2 is 1.54 bits per heavy atom. The highest BCUT2D eigenvalue weighted by Crippen LogP contribution is 2.24. The first kappa shape index (κ1) is 26.3. The van der Waals surface area contributed by atoms with Crippen LogP contribution in [0.5, 0.6) is 5.75 Å². The molecule has 0 heterocycles. The third-order valence-corrected chi connectivity index (χ3v) is 6.03. The smallest absolute Gasteiger partial charge is 0.410 e. The fourth-order valence-electron chi connectivity index (χ4n) is 4.14. The molecule has 1 amide bonds. The molecule has 0 saturated heterocycles. The summed E-state index contributed by atoms with van der Waals surface area (Å²) in [5.74, 6) is 0.580. The number of hydrogen-bond acceptors (Lipinski definition) is 2. The van der Waals surface area contributed by atoms with Crippen LogP contribution in [-0.4, -0.2) is 6.09 Å². The Hall–Kier alpha value is -3.33. The van der Waals surface area contributed by atoms with Gasteiger partial charge in [0.25, 0.3) is 0 Å².